The largest absolute Gasteiger partial charge is 0.379 e. The number of rotatable bonds is 5. The molecule has 0 aromatic heterocycles. The van der Waals surface area contributed by atoms with E-state index in [4.69, 9.17) is 4.74 Å². The van der Waals surface area contributed by atoms with Crippen LogP contribution in [0, 0.1) is 5.92 Å². The van der Waals surface area contributed by atoms with Gasteiger partial charge in [0.05, 0.1) is 13.2 Å². The van der Waals surface area contributed by atoms with Crippen LogP contribution in [0.3, 0.4) is 0 Å². The van der Waals surface area contributed by atoms with Crippen LogP contribution in [-0.2, 0) is 16.1 Å². The maximum atomic E-state index is 12.5. The minimum absolute atomic E-state index is 0.102. The normalized spacial score (nSPS) is 23.2. The predicted octanol–water partition coefficient (Wildman–Crippen LogP) is 3.26. The zero-order valence-electron chi connectivity index (χ0n) is 14.4. The molecule has 1 saturated carbocycles. The molecule has 0 spiro atoms. The summed E-state index contributed by atoms with van der Waals surface area (Å²) < 4.78 is 5.39. The van der Waals surface area contributed by atoms with E-state index in [1.165, 1.54) is 11.1 Å². The van der Waals surface area contributed by atoms with E-state index < -0.39 is 0 Å². The van der Waals surface area contributed by atoms with Crippen LogP contribution in [-0.4, -0.2) is 37.1 Å². The molecule has 4 nitrogen and oxygen atoms in total. The number of morpholine rings is 1. The number of benzene rings is 2. The molecule has 2 fully saturated rings. The zero-order chi connectivity index (χ0) is 17.1. The summed E-state index contributed by atoms with van der Waals surface area (Å²) in [5.74, 6) is 0.611. The van der Waals surface area contributed by atoms with Crippen molar-refractivity contribution in [2.24, 2.45) is 5.92 Å². The first kappa shape index (κ1) is 16.3. The van der Waals surface area contributed by atoms with Gasteiger partial charge < -0.3 is 10.1 Å². The first-order chi connectivity index (χ1) is 12.3. The number of hydrogen-bond acceptors (Lipinski definition) is 3. The highest BCUT2D eigenvalue weighted by Crippen LogP contribution is 2.47. The summed E-state index contributed by atoms with van der Waals surface area (Å²) in [7, 11) is 0. The standard InChI is InChI=1S/C21H24N2O2/c24-21(20-14-19(20)17-6-2-1-3-7-17)22-18-8-4-5-16(13-18)15-23-9-11-25-12-10-23/h1-8,13,19-20H,9-12,14-15H2,(H,22,24)/t19-,20+/m1/s1. The van der Waals surface area contributed by atoms with Crippen molar-refractivity contribution in [2.75, 3.05) is 31.6 Å². The Labute approximate surface area is 148 Å². The summed E-state index contributed by atoms with van der Waals surface area (Å²) in [6, 6.07) is 18.5. The summed E-state index contributed by atoms with van der Waals surface area (Å²) >= 11 is 0. The molecule has 2 aromatic rings. The number of ether oxygens (including phenoxy) is 1. The Bertz CT molecular complexity index is 726. The third-order valence-electron chi connectivity index (χ3n) is 5.06. The first-order valence-corrected chi connectivity index (χ1v) is 9.04. The molecule has 4 rings (SSSR count). The van der Waals surface area contributed by atoms with Gasteiger partial charge in [-0.1, -0.05) is 42.5 Å². The molecule has 1 aliphatic carbocycles. The van der Waals surface area contributed by atoms with Gasteiger partial charge in [0.15, 0.2) is 0 Å². The van der Waals surface area contributed by atoms with E-state index in [0.717, 1.165) is 45.0 Å². The predicted molar refractivity (Wildman–Crippen MR) is 98.5 cm³/mol. The quantitative estimate of drug-likeness (QED) is 0.911. The fraction of sp³-hybridized carbons (Fsp3) is 0.381. The monoisotopic (exact) mass is 336 g/mol. The summed E-state index contributed by atoms with van der Waals surface area (Å²) in [6.07, 6.45) is 0.948. The Hall–Kier alpha value is -2.17. The molecule has 0 radical (unpaired) electrons. The highest BCUT2D eigenvalue weighted by molar-refractivity contribution is 5.95. The van der Waals surface area contributed by atoms with Crippen molar-refractivity contribution in [1.29, 1.82) is 0 Å². The zero-order valence-corrected chi connectivity index (χ0v) is 14.4. The van der Waals surface area contributed by atoms with Crippen LogP contribution in [0.2, 0.25) is 0 Å². The van der Waals surface area contributed by atoms with Crippen LogP contribution >= 0.6 is 0 Å². The summed E-state index contributed by atoms with van der Waals surface area (Å²) in [5.41, 5.74) is 3.40. The molecule has 1 amide bonds. The maximum absolute atomic E-state index is 12.5. The van der Waals surface area contributed by atoms with Crippen molar-refractivity contribution in [2.45, 2.75) is 18.9 Å². The molecule has 0 unspecified atom stereocenters. The Morgan fingerprint density at radius 2 is 1.88 bits per heavy atom. The highest BCUT2D eigenvalue weighted by Gasteiger charge is 2.43. The lowest BCUT2D eigenvalue weighted by Crippen LogP contribution is -2.35. The molecular formula is C21H24N2O2. The second-order valence-electron chi connectivity index (χ2n) is 6.94. The van der Waals surface area contributed by atoms with Gasteiger partial charge >= 0.3 is 0 Å². The van der Waals surface area contributed by atoms with Crippen molar-refractivity contribution in [3.05, 3.63) is 65.7 Å². The fourth-order valence-electron chi connectivity index (χ4n) is 3.55. The van der Waals surface area contributed by atoms with E-state index >= 15 is 0 Å². The number of nitrogens with one attached hydrogen (secondary N) is 1. The van der Waals surface area contributed by atoms with Crippen molar-refractivity contribution in [3.8, 4) is 0 Å². The molecule has 2 aromatic carbocycles. The van der Waals surface area contributed by atoms with E-state index in [-0.39, 0.29) is 11.8 Å². The number of anilines is 1. The van der Waals surface area contributed by atoms with Gasteiger partial charge in [0.2, 0.25) is 5.91 Å². The number of amides is 1. The van der Waals surface area contributed by atoms with Gasteiger partial charge in [-0.2, -0.15) is 0 Å². The van der Waals surface area contributed by atoms with E-state index in [2.05, 4.69) is 34.5 Å². The molecule has 0 bridgehead atoms. The Morgan fingerprint density at radius 1 is 1.08 bits per heavy atom. The Balaban J connectivity index is 1.35. The van der Waals surface area contributed by atoms with Gasteiger partial charge in [0.25, 0.3) is 0 Å². The molecule has 1 aliphatic heterocycles. The molecule has 1 saturated heterocycles. The smallest absolute Gasteiger partial charge is 0.228 e. The van der Waals surface area contributed by atoms with E-state index in [1.807, 2.05) is 30.3 Å². The molecule has 1 N–H and O–H groups in total. The summed E-state index contributed by atoms with van der Waals surface area (Å²) in [6.45, 7) is 4.45. The second-order valence-corrected chi connectivity index (χ2v) is 6.94. The van der Waals surface area contributed by atoms with Crippen molar-refractivity contribution in [3.63, 3.8) is 0 Å². The lowest BCUT2D eigenvalue weighted by atomic mass is 10.1. The van der Waals surface area contributed by atoms with Crippen LogP contribution in [0.1, 0.15) is 23.5 Å². The highest BCUT2D eigenvalue weighted by atomic mass is 16.5. The van der Waals surface area contributed by atoms with Crippen molar-refractivity contribution in [1.82, 2.24) is 4.90 Å². The van der Waals surface area contributed by atoms with Crippen LogP contribution in [0.4, 0.5) is 5.69 Å². The van der Waals surface area contributed by atoms with Gasteiger partial charge in [-0.05, 0) is 35.6 Å². The molecule has 4 heteroatoms. The van der Waals surface area contributed by atoms with Crippen LogP contribution < -0.4 is 5.32 Å². The van der Waals surface area contributed by atoms with Gasteiger partial charge in [-0.3, -0.25) is 9.69 Å². The SMILES string of the molecule is O=C(Nc1cccc(CN2CCOCC2)c1)[C@H]1C[C@@H]1c1ccccc1. The van der Waals surface area contributed by atoms with Crippen molar-refractivity contribution < 1.29 is 9.53 Å². The molecular weight excluding hydrogens is 312 g/mol. The Morgan fingerprint density at radius 3 is 2.68 bits per heavy atom. The van der Waals surface area contributed by atoms with Gasteiger partial charge in [0.1, 0.15) is 0 Å². The lowest BCUT2D eigenvalue weighted by molar-refractivity contribution is -0.117. The first-order valence-electron chi connectivity index (χ1n) is 9.04. The minimum atomic E-state index is 0.102. The number of carbonyl (C=O) groups is 1. The summed E-state index contributed by atoms with van der Waals surface area (Å²) in [5, 5.41) is 3.10. The molecule has 1 heterocycles. The average molecular weight is 336 g/mol. The third-order valence-corrected chi connectivity index (χ3v) is 5.06. The second kappa shape index (κ2) is 7.38. The van der Waals surface area contributed by atoms with Crippen LogP contribution in [0.5, 0.6) is 0 Å². The van der Waals surface area contributed by atoms with Crippen LogP contribution in [0.25, 0.3) is 0 Å². The van der Waals surface area contributed by atoms with E-state index in [1.54, 1.807) is 0 Å². The van der Waals surface area contributed by atoms with Gasteiger partial charge in [-0.25, -0.2) is 0 Å². The molecule has 130 valence electrons. The number of nitrogens with zero attached hydrogens (tertiary/aromatic N) is 1. The Kier molecular flexibility index (Phi) is 4.81. The molecule has 25 heavy (non-hydrogen) atoms. The fourth-order valence-corrected chi connectivity index (χ4v) is 3.55. The molecule has 2 aliphatic rings. The summed E-state index contributed by atoms with van der Waals surface area (Å²) in [4.78, 5) is 14.9. The number of carbonyl (C=O) groups excluding carboxylic acids is 1. The lowest BCUT2D eigenvalue weighted by Gasteiger charge is -2.26. The topological polar surface area (TPSA) is 41.6 Å². The van der Waals surface area contributed by atoms with Gasteiger partial charge in [-0.15, -0.1) is 0 Å². The maximum Gasteiger partial charge on any atom is 0.228 e. The average Bonchev–Trinajstić information content (AvgIpc) is 3.45. The van der Waals surface area contributed by atoms with Crippen molar-refractivity contribution >= 4 is 11.6 Å². The van der Waals surface area contributed by atoms with E-state index in [0.29, 0.717) is 5.92 Å². The van der Waals surface area contributed by atoms with E-state index in [9.17, 15) is 4.79 Å². The minimum Gasteiger partial charge on any atom is -0.379 e. The number of hydrogen-bond donors (Lipinski definition) is 1. The third kappa shape index (κ3) is 4.09. The van der Waals surface area contributed by atoms with Gasteiger partial charge in [0, 0.05) is 31.2 Å². The van der Waals surface area contributed by atoms with Crippen LogP contribution in [0.15, 0.2) is 54.6 Å². The molecule has 2 atom stereocenters.